The molecule has 1 N–H and O–H groups in total. The monoisotopic (exact) mass is 271 g/mol. The van der Waals surface area contributed by atoms with Crippen LogP contribution in [0.5, 0.6) is 0 Å². The van der Waals surface area contributed by atoms with Gasteiger partial charge < -0.3 is 5.32 Å². The van der Waals surface area contributed by atoms with Crippen LogP contribution in [0.3, 0.4) is 0 Å². The van der Waals surface area contributed by atoms with E-state index < -0.39 is 0 Å². The van der Waals surface area contributed by atoms with Crippen LogP contribution in [0.25, 0.3) is 0 Å². The topological polar surface area (TPSA) is 12.0 Å². The van der Waals surface area contributed by atoms with E-state index in [1.54, 1.807) is 0 Å². The first-order valence-corrected chi connectivity index (χ1v) is 7.24. The van der Waals surface area contributed by atoms with Crippen molar-refractivity contribution in [2.45, 2.75) is 32.7 Å². The van der Waals surface area contributed by atoms with Gasteiger partial charge in [0, 0.05) is 6.04 Å². The van der Waals surface area contributed by atoms with E-state index in [2.05, 4.69) is 43.4 Å². The average Bonchev–Trinajstić information content (AvgIpc) is 2.46. The van der Waals surface area contributed by atoms with Crippen LogP contribution in [0, 0.1) is 12.7 Å². The lowest BCUT2D eigenvalue weighted by atomic mass is 9.95. The number of rotatable bonds is 6. The summed E-state index contributed by atoms with van der Waals surface area (Å²) in [5, 5.41) is 3.60. The predicted molar refractivity (Wildman–Crippen MR) is 82.3 cm³/mol. The molecule has 0 saturated heterocycles. The van der Waals surface area contributed by atoms with Crippen LogP contribution in [0.15, 0.2) is 48.5 Å². The highest BCUT2D eigenvalue weighted by molar-refractivity contribution is 5.30. The van der Waals surface area contributed by atoms with Gasteiger partial charge >= 0.3 is 0 Å². The van der Waals surface area contributed by atoms with Crippen LogP contribution < -0.4 is 5.32 Å². The molecular weight excluding hydrogens is 249 g/mol. The Hall–Kier alpha value is -1.67. The van der Waals surface area contributed by atoms with Crippen molar-refractivity contribution < 1.29 is 4.39 Å². The summed E-state index contributed by atoms with van der Waals surface area (Å²) in [4.78, 5) is 0. The number of halogens is 1. The van der Waals surface area contributed by atoms with Crippen LogP contribution in [-0.4, -0.2) is 6.54 Å². The molecule has 0 aliphatic heterocycles. The van der Waals surface area contributed by atoms with Crippen molar-refractivity contribution in [3.05, 3.63) is 71.0 Å². The third kappa shape index (κ3) is 3.91. The Bertz CT molecular complexity index is 533. The minimum Gasteiger partial charge on any atom is -0.310 e. The van der Waals surface area contributed by atoms with Gasteiger partial charge in [0.1, 0.15) is 5.82 Å². The fraction of sp³-hybridized carbons (Fsp3) is 0.333. The molecule has 0 amide bonds. The normalized spacial score (nSPS) is 12.3. The quantitative estimate of drug-likeness (QED) is 0.820. The fourth-order valence-corrected chi connectivity index (χ4v) is 2.44. The first-order chi connectivity index (χ1) is 9.70. The van der Waals surface area contributed by atoms with Crippen LogP contribution in [0.2, 0.25) is 0 Å². The van der Waals surface area contributed by atoms with Crippen LogP contribution in [0.1, 0.15) is 36.1 Å². The van der Waals surface area contributed by atoms with E-state index in [-0.39, 0.29) is 11.9 Å². The number of benzene rings is 2. The third-order valence-electron chi connectivity index (χ3n) is 3.56. The molecule has 1 atom stereocenters. The summed E-state index contributed by atoms with van der Waals surface area (Å²) in [6, 6.07) is 15.5. The Balaban J connectivity index is 2.19. The Morgan fingerprint density at radius 3 is 2.40 bits per heavy atom. The smallest absolute Gasteiger partial charge is 0.123 e. The molecule has 2 aromatic carbocycles. The van der Waals surface area contributed by atoms with Crippen molar-refractivity contribution >= 4 is 0 Å². The summed E-state index contributed by atoms with van der Waals surface area (Å²) < 4.78 is 13.0. The standard InChI is InChI=1S/C18H22FN/c1-3-12-20-18(17-7-5-4-6-14(17)2)13-15-8-10-16(19)11-9-15/h4-11,18,20H,3,12-13H2,1-2H3. The zero-order chi connectivity index (χ0) is 14.4. The molecule has 2 rings (SSSR count). The summed E-state index contributed by atoms with van der Waals surface area (Å²) in [5.41, 5.74) is 3.77. The van der Waals surface area contributed by atoms with Crippen molar-refractivity contribution in [1.29, 1.82) is 0 Å². The van der Waals surface area contributed by atoms with Crippen molar-refractivity contribution in [3.8, 4) is 0 Å². The second-order valence-electron chi connectivity index (χ2n) is 5.19. The molecule has 2 aromatic rings. The van der Waals surface area contributed by atoms with Gasteiger partial charge in [-0.3, -0.25) is 0 Å². The van der Waals surface area contributed by atoms with E-state index in [0.29, 0.717) is 0 Å². The molecular formula is C18H22FN. The minimum absolute atomic E-state index is 0.178. The SMILES string of the molecule is CCCNC(Cc1ccc(F)cc1)c1ccccc1C. The second kappa shape index (κ2) is 7.20. The van der Waals surface area contributed by atoms with E-state index in [0.717, 1.165) is 24.9 Å². The van der Waals surface area contributed by atoms with E-state index in [9.17, 15) is 4.39 Å². The largest absolute Gasteiger partial charge is 0.310 e. The van der Waals surface area contributed by atoms with Gasteiger partial charge in [-0.2, -0.15) is 0 Å². The lowest BCUT2D eigenvalue weighted by Gasteiger charge is -2.21. The molecule has 0 heterocycles. The molecule has 0 fully saturated rings. The zero-order valence-electron chi connectivity index (χ0n) is 12.2. The molecule has 2 heteroatoms. The summed E-state index contributed by atoms with van der Waals surface area (Å²) in [7, 11) is 0. The summed E-state index contributed by atoms with van der Waals surface area (Å²) >= 11 is 0. The van der Waals surface area contributed by atoms with E-state index in [1.807, 2.05) is 12.1 Å². The van der Waals surface area contributed by atoms with Crippen molar-refractivity contribution in [3.63, 3.8) is 0 Å². The Labute approximate surface area is 120 Å². The third-order valence-corrected chi connectivity index (χ3v) is 3.56. The molecule has 0 radical (unpaired) electrons. The molecule has 0 bridgehead atoms. The van der Waals surface area contributed by atoms with E-state index >= 15 is 0 Å². The number of hydrogen-bond acceptors (Lipinski definition) is 1. The second-order valence-corrected chi connectivity index (χ2v) is 5.19. The lowest BCUT2D eigenvalue weighted by molar-refractivity contribution is 0.526. The van der Waals surface area contributed by atoms with Crippen molar-refractivity contribution in [2.24, 2.45) is 0 Å². The van der Waals surface area contributed by atoms with Crippen molar-refractivity contribution in [1.82, 2.24) is 5.32 Å². The molecule has 0 aromatic heterocycles. The van der Waals surface area contributed by atoms with Gasteiger partial charge in [0.25, 0.3) is 0 Å². The maximum absolute atomic E-state index is 13.0. The predicted octanol–water partition coefficient (Wildman–Crippen LogP) is 4.42. The average molecular weight is 271 g/mol. The summed E-state index contributed by atoms with van der Waals surface area (Å²) in [6.45, 7) is 5.29. The van der Waals surface area contributed by atoms with Gasteiger partial charge in [-0.1, -0.05) is 43.3 Å². The summed E-state index contributed by atoms with van der Waals surface area (Å²) in [6.07, 6.45) is 1.98. The Morgan fingerprint density at radius 1 is 1.05 bits per heavy atom. The fourth-order valence-electron chi connectivity index (χ4n) is 2.44. The van der Waals surface area contributed by atoms with Gasteiger partial charge in [-0.15, -0.1) is 0 Å². The molecule has 1 unspecified atom stereocenters. The first-order valence-electron chi connectivity index (χ1n) is 7.24. The maximum Gasteiger partial charge on any atom is 0.123 e. The number of aryl methyl sites for hydroxylation is 1. The van der Waals surface area contributed by atoms with Crippen LogP contribution in [-0.2, 0) is 6.42 Å². The van der Waals surface area contributed by atoms with Gasteiger partial charge in [0.05, 0.1) is 0 Å². The molecule has 0 saturated carbocycles. The molecule has 0 aliphatic carbocycles. The highest BCUT2D eigenvalue weighted by Crippen LogP contribution is 2.22. The molecule has 1 nitrogen and oxygen atoms in total. The zero-order valence-corrected chi connectivity index (χ0v) is 12.2. The highest BCUT2D eigenvalue weighted by atomic mass is 19.1. The van der Waals surface area contributed by atoms with Gasteiger partial charge in [-0.05, 0) is 55.1 Å². The van der Waals surface area contributed by atoms with E-state index in [1.165, 1.54) is 23.3 Å². The number of hydrogen-bond donors (Lipinski definition) is 1. The van der Waals surface area contributed by atoms with Gasteiger partial charge in [0.2, 0.25) is 0 Å². The van der Waals surface area contributed by atoms with Crippen LogP contribution >= 0.6 is 0 Å². The Kier molecular flexibility index (Phi) is 5.31. The van der Waals surface area contributed by atoms with Gasteiger partial charge in [-0.25, -0.2) is 4.39 Å². The minimum atomic E-state index is -0.178. The van der Waals surface area contributed by atoms with Gasteiger partial charge in [0.15, 0.2) is 0 Å². The summed E-state index contributed by atoms with van der Waals surface area (Å²) in [5.74, 6) is -0.178. The number of nitrogens with one attached hydrogen (secondary N) is 1. The lowest BCUT2D eigenvalue weighted by Crippen LogP contribution is -2.24. The highest BCUT2D eigenvalue weighted by Gasteiger charge is 2.13. The Morgan fingerprint density at radius 2 is 1.75 bits per heavy atom. The molecule has 106 valence electrons. The molecule has 0 spiro atoms. The maximum atomic E-state index is 13.0. The first kappa shape index (κ1) is 14.7. The van der Waals surface area contributed by atoms with E-state index in [4.69, 9.17) is 0 Å². The molecule has 0 aliphatic rings. The van der Waals surface area contributed by atoms with Crippen molar-refractivity contribution in [2.75, 3.05) is 6.54 Å². The molecule has 20 heavy (non-hydrogen) atoms. The van der Waals surface area contributed by atoms with Crippen LogP contribution in [0.4, 0.5) is 4.39 Å².